The zero-order valence-corrected chi connectivity index (χ0v) is 26.5. The number of aliphatic imine (C=N–C) groups is 1. The number of nitrogens with one attached hydrogen (secondary N) is 4. The fourth-order valence-electron chi connectivity index (χ4n) is 6.26. The summed E-state index contributed by atoms with van der Waals surface area (Å²) in [6, 6.07) is 2.71. The van der Waals surface area contributed by atoms with Crippen molar-refractivity contribution in [1.29, 1.82) is 0 Å². The molecule has 4 aliphatic heterocycles. The maximum absolute atomic E-state index is 13.7. The Hall–Kier alpha value is -2.68. The van der Waals surface area contributed by atoms with Gasteiger partial charge < -0.3 is 45.4 Å². The Labute approximate surface area is 264 Å². The van der Waals surface area contributed by atoms with Gasteiger partial charge in [-0.25, -0.2) is 9.79 Å². The van der Waals surface area contributed by atoms with E-state index in [9.17, 15) is 19.8 Å². The molecule has 4 heterocycles. The highest BCUT2D eigenvalue weighted by atomic mass is 35.6. The van der Waals surface area contributed by atoms with Crippen molar-refractivity contribution < 1.29 is 29.3 Å². The summed E-state index contributed by atoms with van der Waals surface area (Å²) < 4.78 is 9.13. The Kier molecular flexibility index (Phi) is 8.15. The first-order valence-corrected chi connectivity index (χ1v) is 14.9. The first kappa shape index (κ1) is 31.7. The minimum atomic E-state index is -2.61. The number of carbonyl (C=O) groups is 2. The Morgan fingerprint density at radius 2 is 2.02 bits per heavy atom. The third-order valence-corrected chi connectivity index (χ3v) is 8.62. The molecule has 6 N–H and O–H groups in total. The largest absolute Gasteiger partial charge is 0.492 e. The van der Waals surface area contributed by atoms with Crippen LogP contribution in [0.4, 0.5) is 4.79 Å². The van der Waals surface area contributed by atoms with Gasteiger partial charge in [0.05, 0.1) is 30.1 Å². The first-order valence-electron chi connectivity index (χ1n) is 13.7. The molecule has 1 aromatic rings. The van der Waals surface area contributed by atoms with Gasteiger partial charge in [0.1, 0.15) is 18.4 Å². The van der Waals surface area contributed by atoms with Crippen molar-refractivity contribution in [2.75, 3.05) is 40.4 Å². The van der Waals surface area contributed by atoms with Crippen molar-refractivity contribution in [3.05, 3.63) is 41.7 Å². The van der Waals surface area contributed by atoms with E-state index in [1.807, 2.05) is 25.1 Å². The predicted octanol–water partition coefficient (Wildman–Crippen LogP) is 0.967. The standard InChI is InChI=1S/C27H36Cl3N7O6/c1-14-31-20-17(11-36(4)5)32-22(34-23(39)43-13-25(28,29)30)37-12-18(27(40,41)26(20,37)35-14)33-21(38)15-7-6-8-16-19(15)42-10-9-24(16,2)3/h6-8,17-18,20,31,35,40-41H,1,9-13H2,2-5H3,(H,33,38)(H,32,34,39)/t17-,18-,20-,26-/m0/s1. The van der Waals surface area contributed by atoms with E-state index in [0.29, 0.717) is 24.7 Å². The van der Waals surface area contributed by atoms with Crippen LogP contribution in [0.15, 0.2) is 35.6 Å². The van der Waals surface area contributed by atoms with Gasteiger partial charge >= 0.3 is 6.09 Å². The van der Waals surface area contributed by atoms with Crippen LogP contribution in [-0.2, 0) is 10.2 Å². The number of carbonyl (C=O) groups excluding carboxylic acids is 2. The van der Waals surface area contributed by atoms with Gasteiger partial charge in [0.15, 0.2) is 5.66 Å². The lowest BCUT2D eigenvalue weighted by Crippen LogP contribution is -2.78. The molecule has 13 nitrogen and oxygen atoms in total. The molecular formula is C27H36Cl3N7O6. The van der Waals surface area contributed by atoms with Gasteiger partial charge in [-0.05, 0) is 32.0 Å². The van der Waals surface area contributed by atoms with E-state index in [-0.39, 0.29) is 23.5 Å². The van der Waals surface area contributed by atoms with E-state index in [1.54, 1.807) is 12.1 Å². The van der Waals surface area contributed by atoms with Crippen molar-refractivity contribution in [2.45, 2.75) is 59.1 Å². The molecule has 5 rings (SSSR count). The van der Waals surface area contributed by atoms with Crippen molar-refractivity contribution in [3.8, 4) is 5.75 Å². The van der Waals surface area contributed by atoms with E-state index in [4.69, 9.17) is 49.3 Å². The summed E-state index contributed by atoms with van der Waals surface area (Å²) in [4.78, 5) is 34.5. The highest BCUT2D eigenvalue weighted by Gasteiger charge is 2.73. The molecule has 1 aromatic carbocycles. The van der Waals surface area contributed by atoms with Crippen LogP contribution >= 0.6 is 34.8 Å². The third kappa shape index (κ3) is 5.67. The van der Waals surface area contributed by atoms with Gasteiger partial charge in [-0.2, -0.15) is 0 Å². The van der Waals surface area contributed by atoms with Crippen molar-refractivity contribution in [1.82, 2.24) is 31.1 Å². The summed E-state index contributed by atoms with van der Waals surface area (Å²) in [6.07, 6.45) is -0.185. The number of amides is 2. The van der Waals surface area contributed by atoms with Crippen LogP contribution in [-0.4, -0.2) is 112 Å². The van der Waals surface area contributed by atoms with Gasteiger partial charge in [0.25, 0.3) is 5.91 Å². The minimum Gasteiger partial charge on any atom is -0.492 e. The van der Waals surface area contributed by atoms with Gasteiger partial charge in [0, 0.05) is 18.7 Å². The molecule has 2 amide bonds. The van der Waals surface area contributed by atoms with Crippen LogP contribution in [0.3, 0.4) is 0 Å². The van der Waals surface area contributed by atoms with Crippen LogP contribution in [0.1, 0.15) is 36.2 Å². The minimum absolute atomic E-state index is 0.0344. The van der Waals surface area contributed by atoms with Gasteiger partial charge in [-0.1, -0.05) is 67.4 Å². The summed E-state index contributed by atoms with van der Waals surface area (Å²) in [6.45, 7) is 8.21. The molecule has 0 unspecified atom stereocenters. The number of nitrogens with zero attached hydrogens (tertiary/aromatic N) is 3. The lowest BCUT2D eigenvalue weighted by Gasteiger charge is -2.49. The molecule has 16 heteroatoms. The number of ether oxygens (including phenoxy) is 2. The number of para-hydroxylation sites is 1. The second-order valence-corrected chi connectivity index (χ2v) is 14.6. The molecule has 1 spiro atoms. The normalized spacial score (nSPS) is 28.4. The molecular weight excluding hydrogens is 625 g/mol. The van der Waals surface area contributed by atoms with E-state index >= 15 is 0 Å². The molecule has 0 saturated carbocycles. The number of likely N-dealkylation sites (N-methyl/N-ethyl adjacent to an activating group) is 1. The highest BCUT2D eigenvalue weighted by molar-refractivity contribution is 6.67. The van der Waals surface area contributed by atoms with Crippen molar-refractivity contribution >= 4 is 52.8 Å². The number of hydrogen-bond donors (Lipinski definition) is 6. The maximum atomic E-state index is 13.7. The Bertz CT molecular complexity index is 1350. The number of guanidine groups is 1. The number of benzene rings is 1. The van der Waals surface area contributed by atoms with Crippen LogP contribution in [0, 0.1) is 0 Å². The highest BCUT2D eigenvalue weighted by Crippen LogP contribution is 2.45. The Morgan fingerprint density at radius 3 is 2.70 bits per heavy atom. The molecule has 0 aromatic heterocycles. The number of hydrogen-bond acceptors (Lipinski definition) is 11. The smallest absolute Gasteiger partial charge is 0.414 e. The van der Waals surface area contributed by atoms with Gasteiger partial charge in [0.2, 0.25) is 15.5 Å². The zero-order chi connectivity index (χ0) is 31.5. The van der Waals surface area contributed by atoms with E-state index in [1.165, 1.54) is 4.90 Å². The topological polar surface area (TPSA) is 160 Å². The molecule has 0 aliphatic carbocycles. The molecule has 4 aliphatic rings. The molecule has 0 bridgehead atoms. The Morgan fingerprint density at radius 1 is 1.30 bits per heavy atom. The van der Waals surface area contributed by atoms with E-state index in [0.717, 1.165) is 12.0 Å². The van der Waals surface area contributed by atoms with Crippen LogP contribution in [0.2, 0.25) is 0 Å². The zero-order valence-electron chi connectivity index (χ0n) is 24.2. The number of aliphatic hydroxyl groups is 2. The number of fused-ring (bicyclic) bond motifs is 1. The first-order chi connectivity index (χ1) is 20.0. The van der Waals surface area contributed by atoms with Crippen molar-refractivity contribution in [2.24, 2.45) is 4.99 Å². The summed E-state index contributed by atoms with van der Waals surface area (Å²) in [5, 5.41) is 35.4. The summed E-state index contributed by atoms with van der Waals surface area (Å²) in [7, 11) is 3.67. The molecule has 43 heavy (non-hydrogen) atoms. The molecule has 236 valence electrons. The summed E-state index contributed by atoms with van der Waals surface area (Å²) in [5.74, 6) is -2.42. The average Bonchev–Trinajstić information content (AvgIpc) is 3.36. The fourth-order valence-corrected chi connectivity index (χ4v) is 6.43. The third-order valence-electron chi connectivity index (χ3n) is 8.29. The molecule has 4 atom stereocenters. The average molecular weight is 661 g/mol. The quantitative estimate of drug-likeness (QED) is 0.199. The van der Waals surface area contributed by atoms with Gasteiger partial charge in [-0.15, -0.1) is 0 Å². The summed E-state index contributed by atoms with van der Waals surface area (Å²) in [5.41, 5.74) is -0.749. The number of halogens is 3. The lowest BCUT2D eigenvalue weighted by molar-refractivity contribution is -0.231. The molecule has 0 radical (unpaired) electrons. The number of rotatable bonds is 5. The van der Waals surface area contributed by atoms with Crippen molar-refractivity contribution in [3.63, 3.8) is 0 Å². The second-order valence-electron chi connectivity index (χ2n) is 12.1. The van der Waals surface area contributed by atoms with E-state index in [2.05, 4.69) is 41.7 Å². The fraction of sp³-hybridized carbons (Fsp3) is 0.593. The molecule has 2 saturated heterocycles. The lowest BCUT2D eigenvalue weighted by atomic mass is 9.79. The maximum Gasteiger partial charge on any atom is 0.414 e. The van der Waals surface area contributed by atoms with Crippen LogP contribution in [0.25, 0.3) is 0 Å². The second kappa shape index (κ2) is 11.0. The molecule has 2 fully saturated rings. The summed E-state index contributed by atoms with van der Waals surface area (Å²) >= 11 is 17.2. The number of alkyl carbamates (subject to hydrolysis) is 1. The Balaban J connectivity index is 1.49. The monoisotopic (exact) mass is 659 g/mol. The van der Waals surface area contributed by atoms with E-state index < -0.39 is 52.0 Å². The van der Waals surface area contributed by atoms with Crippen LogP contribution in [0.5, 0.6) is 5.75 Å². The predicted molar refractivity (Wildman–Crippen MR) is 161 cm³/mol. The SMILES string of the molecule is C=C1N[C@H]2[C@H](CN(C)C)N=C(NC(=O)OCC(Cl)(Cl)Cl)N3C[C@H](NC(=O)c4cccc5c4OCCC5(C)C)C(O)(O)[C@]23N1. The van der Waals surface area contributed by atoms with Gasteiger partial charge in [-0.3, -0.25) is 10.1 Å². The van der Waals surface area contributed by atoms with Crippen LogP contribution < -0.4 is 26.0 Å². The number of alkyl halides is 3.